The molecular weight excluding hydrogens is 332 g/mol. The molecule has 0 aliphatic carbocycles. The molecule has 2 rings (SSSR count). The second-order valence-electron chi connectivity index (χ2n) is 4.75. The minimum Gasteiger partial charge on any atom is -0.497 e. The first-order valence-electron chi connectivity index (χ1n) is 6.93. The zero-order valence-corrected chi connectivity index (χ0v) is 13.8. The first-order chi connectivity index (χ1) is 11.4. The molecular formula is C16H16N2O5S. The second kappa shape index (κ2) is 7.14. The van der Waals surface area contributed by atoms with Crippen molar-refractivity contribution in [3.63, 3.8) is 0 Å². The van der Waals surface area contributed by atoms with Crippen molar-refractivity contribution in [2.24, 2.45) is 0 Å². The monoisotopic (exact) mass is 348 g/mol. The van der Waals surface area contributed by atoms with Crippen LogP contribution in [0.2, 0.25) is 0 Å². The summed E-state index contributed by atoms with van der Waals surface area (Å²) >= 11 is 0. The number of hydrogen-bond acceptors (Lipinski definition) is 5. The van der Waals surface area contributed by atoms with E-state index < -0.39 is 25.5 Å². The minimum absolute atomic E-state index is 0.0183. The number of rotatable bonds is 7. The Bertz CT molecular complexity index is 850. The smallest absolute Gasteiger partial charge is 0.293 e. The van der Waals surface area contributed by atoms with Gasteiger partial charge in [-0.05, 0) is 24.3 Å². The predicted octanol–water partition coefficient (Wildman–Crippen LogP) is 2.98. The Kier molecular flexibility index (Phi) is 5.20. The Morgan fingerprint density at radius 3 is 2.46 bits per heavy atom. The highest BCUT2D eigenvalue weighted by atomic mass is 32.2. The molecule has 126 valence electrons. The molecule has 0 aliphatic heterocycles. The van der Waals surface area contributed by atoms with E-state index in [4.69, 9.17) is 4.74 Å². The maximum atomic E-state index is 13.0. The van der Waals surface area contributed by atoms with Crippen LogP contribution < -0.4 is 9.04 Å². The van der Waals surface area contributed by atoms with E-state index in [-0.39, 0.29) is 12.3 Å². The quantitative estimate of drug-likeness (QED) is 0.436. The molecule has 2 aromatic carbocycles. The van der Waals surface area contributed by atoms with E-state index in [1.807, 2.05) is 0 Å². The first kappa shape index (κ1) is 17.5. The van der Waals surface area contributed by atoms with E-state index in [1.54, 1.807) is 30.3 Å². The van der Waals surface area contributed by atoms with Gasteiger partial charge >= 0.3 is 0 Å². The summed E-state index contributed by atoms with van der Waals surface area (Å²) in [5.41, 5.74) is -0.151. The van der Waals surface area contributed by atoms with Crippen molar-refractivity contribution in [3.05, 3.63) is 71.3 Å². The third kappa shape index (κ3) is 3.38. The number of nitro groups is 1. The lowest BCUT2D eigenvalue weighted by Crippen LogP contribution is -2.31. The molecule has 7 nitrogen and oxygen atoms in total. The summed E-state index contributed by atoms with van der Waals surface area (Å²) < 4.78 is 32.0. The molecule has 0 aliphatic rings. The van der Waals surface area contributed by atoms with Gasteiger partial charge in [0, 0.05) is 0 Å². The van der Waals surface area contributed by atoms with Gasteiger partial charge in [0.05, 0.1) is 30.3 Å². The van der Waals surface area contributed by atoms with Crippen LogP contribution in [-0.2, 0) is 10.0 Å². The SMILES string of the molecule is C=CCN(c1ccccc1)S(=O)(=O)c1ccc(OC)cc1[N+](=O)[O-]. The lowest BCUT2D eigenvalue weighted by atomic mass is 10.3. The molecule has 0 fully saturated rings. The average molecular weight is 348 g/mol. The summed E-state index contributed by atoms with van der Waals surface area (Å²) in [7, 11) is -2.80. The molecule has 0 heterocycles. The largest absolute Gasteiger partial charge is 0.497 e. The van der Waals surface area contributed by atoms with Crippen molar-refractivity contribution in [1.82, 2.24) is 0 Å². The molecule has 0 aromatic heterocycles. The van der Waals surface area contributed by atoms with E-state index in [0.717, 1.165) is 10.4 Å². The fraction of sp³-hybridized carbons (Fsp3) is 0.125. The lowest BCUT2D eigenvalue weighted by Gasteiger charge is -2.23. The topological polar surface area (TPSA) is 89.8 Å². The second-order valence-corrected chi connectivity index (χ2v) is 6.58. The fourth-order valence-corrected chi connectivity index (χ4v) is 3.73. The van der Waals surface area contributed by atoms with Gasteiger partial charge in [0.2, 0.25) is 0 Å². The molecule has 2 aromatic rings. The summed E-state index contributed by atoms with van der Waals surface area (Å²) in [6.45, 7) is 3.54. The molecule has 0 unspecified atom stereocenters. The molecule has 0 N–H and O–H groups in total. The van der Waals surface area contributed by atoms with Gasteiger partial charge in [-0.2, -0.15) is 0 Å². The average Bonchev–Trinajstić information content (AvgIpc) is 2.59. The number of hydrogen-bond donors (Lipinski definition) is 0. The third-order valence-electron chi connectivity index (χ3n) is 3.27. The van der Waals surface area contributed by atoms with Crippen molar-refractivity contribution < 1.29 is 18.1 Å². The van der Waals surface area contributed by atoms with Crippen LogP contribution in [0.15, 0.2) is 66.1 Å². The maximum absolute atomic E-state index is 13.0. The van der Waals surface area contributed by atoms with Crippen molar-refractivity contribution in [3.8, 4) is 5.75 Å². The van der Waals surface area contributed by atoms with Crippen molar-refractivity contribution in [2.45, 2.75) is 4.90 Å². The van der Waals surface area contributed by atoms with Crippen LogP contribution in [0, 0.1) is 10.1 Å². The van der Waals surface area contributed by atoms with Crippen LogP contribution in [0.3, 0.4) is 0 Å². The van der Waals surface area contributed by atoms with E-state index in [9.17, 15) is 18.5 Å². The molecule has 8 heteroatoms. The van der Waals surface area contributed by atoms with Crippen LogP contribution in [0.4, 0.5) is 11.4 Å². The summed E-state index contributed by atoms with van der Waals surface area (Å²) in [5.74, 6) is 0.204. The summed E-state index contributed by atoms with van der Waals surface area (Å²) in [5, 5.41) is 11.3. The number of para-hydroxylation sites is 1. The summed E-state index contributed by atoms with van der Waals surface area (Å²) in [6, 6.07) is 12.0. The normalized spacial score (nSPS) is 10.9. The highest BCUT2D eigenvalue weighted by Crippen LogP contribution is 2.32. The summed E-state index contributed by atoms with van der Waals surface area (Å²) in [6.07, 6.45) is 1.42. The van der Waals surface area contributed by atoms with E-state index >= 15 is 0 Å². The molecule has 24 heavy (non-hydrogen) atoms. The van der Waals surface area contributed by atoms with E-state index in [1.165, 1.54) is 25.3 Å². The molecule has 0 spiro atoms. The first-order valence-corrected chi connectivity index (χ1v) is 8.37. The zero-order chi connectivity index (χ0) is 17.7. The Hall–Kier alpha value is -2.87. The van der Waals surface area contributed by atoms with Gasteiger partial charge in [-0.1, -0.05) is 24.3 Å². The molecule has 0 saturated carbocycles. The molecule has 0 bridgehead atoms. The Morgan fingerprint density at radius 1 is 1.25 bits per heavy atom. The van der Waals surface area contributed by atoms with Crippen LogP contribution in [0.1, 0.15) is 0 Å². The minimum atomic E-state index is -4.15. The van der Waals surface area contributed by atoms with Gasteiger partial charge in [0.25, 0.3) is 15.7 Å². The molecule has 0 saturated heterocycles. The number of methoxy groups -OCH3 is 1. The number of anilines is 1. The van der Waals surface area contributed by atoms with E-state index in [2.05, 4.69) is 6.58 Å². The van der Waals surface area contributed by atoms with Crippen LogP contribution in [0.25, 0.3) is 0 Å². The van der Waals surface area contributed by atoms with Crippen LogP contribution in [0.5, 0.6) is 5.75 Å². The van der Waals surface area contributed by atoms with Gasteiger partial charge in [-0.15, -0.1) is 6.58 Å². The van der Waals surface area contributed by atoms with Crippen LogP contribution in [-0.4, -0.2) is 27.0 Å². The zero-order valence-electron chi connectivity index (χ0n) is 13.0. The van der Waals surface area contributed by atoms with E-state index in [0.29, 0.717) is 5.69 Å². The molecule has 0 amide bonds. The highest BCUT2D eigenvalue weighted by Gasteiger charge is 2.31. The Labute approximate surface area is 140 Å². The van der Waals surface area contributed by atoms with Gasteiger partial charge in [-0.25, -0.2) is 8.42 Å². The van der Waals surface area contributed by atoms with Gasteiger partial charge in [0.1, 0.15) is 5.75 Å². The van der Waals surface area contributed by atoms with Crippen molar-refractivity contribution in [1.29, 1.82) is 0 Å². The maximum Gasteiger partial charge on any atom is 0.293 e. The van der Waals surface area contributed by atoms with Gasteiger partial charge < -0.3 is 4.74 Å². The predicted molar refractivity (Wildman–Crippen MR) is 90.8 cm³/mol. The molecule has 0 radical (unpaired) electrons. The fourth-order valence-electron chi connectivity index (χ4n) is 2.16. The van der Waals surface area contributed by atoms with Crippen molar-refractivity contribution in [2.75, 3.05) is 18.0 Å². The number of ether oxygens (including phenoxy) is 1. The number of nitrogens with zero attached hydrogens (tertiary/aromatic N) is 2. The van der Waals surface area contributed by atoms with Crippen molar-refractivity contribution >= 4 is 21.4 Å². The van der Waals surface area contributed by atoms with Gasteiger partial charge in [-0.3, -0.25) is 14.4 Å². The number of nitro benzene ring substituents is 1. The van der Waals surface area contributed by atoms with Crippen LogP contribution >= 0.6 is 0 Å². The summed E-state index contributed by atoms with van der Waals surface area (Å²) in [4.78, 5) is 10.2. The van der Waals surface area contributed by atoms with Gasteiger partial charge in [0.15, 0.2) is 4.90 Å². The lowest BCUT2D eigenvalue weighted by molar-refractivity contribution is -0.387. The highest BCUT2D eigenvalue weighted by molar-refractivity contribution is 7.93. The standard InChI is InChI=1S/C16H16N2O5S/c1-3-11-17(13-7-5-4-6-8-13)24(21,22)16-10-9-14(23-2)12-15(16)18(19)20/h3-10,12H,1,11H2,2H3. The number of sulfonamides is 1. The number of benzene rings is 2. The Balaban J connectivity index is 2.63. The third-order valence-corrected chi connectivity index (χ3v) is 5.11. The molecule has 0 atom stereocenters. The Morgan fingerprint density at radius 2 is 1.92 bits per heavy atom.